The van der Waals surface area contributed by atoms with Crippen molar-refractivity contribution in [3.63, 3.8) is 0 Å². The molecule has 0 spiro atoms. The van der Waals surface area contributed by atoms with E-state index in [1.807, 2.05) is 13.8 Å². The average Bonchev–Trinajstić information content (AvgIpc) is 2.35. The van der Waals surface area contributed by atoms with E-state index < -0.39 is 26.3 Å². The Balaban J connectivity index is 2.93. The molecule has 0 saturated carbocycles. The summed E-state index contributed by atoms with van der Waals surface area (Å²) >= 11 is 5.59. The van der Waals surface area contributed by atoms with Crippen molar-refractivity contribution in [2.24, 2.45) is 5.73 Å². The van der Waals surface area contributed by atoms with Crippen LogP contribution in [0.3, 0.4) is 0 Å². The van der Waals surface area contributed by atoms with Crippen LogP contribution in [0, 0.1) is 5.82 Å². The van der Waals surface area contributed by atoms with Crippen LogP contribution in [0.1, 0.15) is 26.7 Å². The number of rotatable bonds is 6. The summed E-state index contributed by atoms with van der Waals surface area (Å²) in [5, 5.41) is 0.145. The third kappa shape index (κ3) is 4.14. The van der Waals surface area contributed by atoms with Gasteiger partial charge in [-0.15, -0.1) is 0 Å². The van der Waals surface area contributed by atoms with Crippen molar-refractivity contribution < 1.29 is 12.8 Å². The second-order valence-corrected chi connectivity index (χ2v) is 6.64. The van der Waals surface area contributed by atoms with Crippen molar-refractivity contribution in [2.45, 2.75) is 37.1 Å². The van der Waals surface area contributed by atoms with Gasteiger partial charge in [-0.3, -0.25) is 0 Å². The molecule has 0 atom stereocenters. The summed E-state index contributed by atoms with van der Waals surface area (Å²) < 4.78 is 39.9. The van der Waals surface area contributed by atoms with Gasteiger partial charge in [-0.25, -0.2) is 17.5 Å². The number of nitrogens with one attached hydrogen (secondary N) is 1. The largest absolute Gasteiger partial charge is 0.324 e. The van der Waals surface area contributed by atoms with Gasteiger partial charge in [0.1, 0.15) is 10.7 Å². The van der Waals surface area contributed by atoms with Crippen LogP contribution in [0.2, 0.25) is 5.02 Å². The molecule has 0 aliphatic carbocycles. The van der Waals surface area contributed by atoms with Crippen LogP contribution in [-0.2, 0) is 10.0 Å². The average molecular weight is 309 g/mol. The van der Waals surface area contributed by atoms with Gasteiger partial charge in [0.25, 0.3) is 0 Å². The quantitative estimate of drug-likeness (QED) is 0.847. The minimum absolute atomic E-state index is 0.0599. The lowest BCUT2D eigenvalue weighted by Gasteiger charge is -2.26. The van der Waals surface area contributed by atoms with E-state index in [9.17, 15) is 12.8 Å². The van der Waals surface area contributed by atoms with E-state index in [1.165, 1.54) is 6.07 Å². The molecular formula is C12H18ClFN2O2S. The number of hydrogen-bond acceptors (Lipinski definition) is 3. The molecule has 0 radical (unpaired) electrons. The minimum Gasteiger partial charge on any atom is -0.324 e. The molecule has 0 saturated heterocycles. The Labute approximate surface area is 118 Å². The van der Waals surface area contributed by atoms with Gasteiger partial charge in [-0.1, -0.05) is 25.4 Å². The molecule has 0 fully saturated rings. The van der Waals surface area contributed by atoms with Gasteiger partial charge in [-0.2, -0.15) is 0 Å². The maximum atomic E-state index is 13.6. The van der Waals surface area contributed by atoms with Gasteiger partial charge in [0.15, 0.2) is 0 Å². The predicted octanol–water partition coefficient (Wildman–Crippen LogP) is 2.27. The Morgan fingerprint density at radius 3 is 2.42 bits per heavy atom. The Kier molecular flexibility index (Phi) is 5.32. The van der Waals surface area contributed by atoms with E-state index in [1.54, 1.807) is 0 Å². The number of hydrogen-bond donors (Lipinski definition) is 2. The van der Waals surface area contributed by atoms with E-state index in [4.69, 9.17) is 17.3 Å². The first-order valence-corrected chi connectivity index (χ1v) is 7.84. The zero-order chi connectivity index (χ0) is 14.7. The van der Waals surface area contributed by atoms with E-state index in [0.29, 0.717) is 12.8 Å². The van der Waals surface area contributed by atoms with Crippen LogP contribution < -0.4 is 10.5 Å². The summed E-state index contributed by atoms with van der Waals surface area (Å²) in [5.41, 5.74) is 5.37. The van der Waals surface area contributed by atoms with E-state index in [-0.39, 0.29) is 11.6 Å². The Hall–Kier alpha value is -0.690. The second-order valence-electron chi connectivity index (χ2n) is 4.47. The molecule has 1 aromatic carbocycles. The lowest BCUT2D eigenvalue weighted by molar-refractivity contribution is 0.391. The molecular weight excluding hydrogens is 291 g/mol. The minimum atomic E-state index is -3.92. The first-order valence-electron chi connectivity index (χ1n) is 5.97. The zero-order valence-electron chi connectivity index (χ0n) is 10.9. The van der Waals surface area contributed by atoms with E-state index in [0.717, 1.165) is 12.1 Å². The van der Waals surface area contributed by atoms with Crippen molar-refractivity contribution >= 4 is 21.6 Å². The smallest absolute Gasteiger partial charge is 0.243 e. The maximum absolute atomic E-state index is 13.6. The van der Waals surface area contributed by atoms with E-state index >= 15 is 0 Å². The summed E-state index contributed by atoms with van der Waals surface area (Å²) in [4.78, 5) is -0.425. The summed E-state index contributed by atoms with van der Waals surface area (Å²) in [6.07, 6.45) is 1.24. The fourth-order valence-electron chi connectivity index (χ4n) is 1.51. The molecule has 0 heterocycles. The van der Waals surface area contributed by atoms with Crippen LogP contribution in [0.5, 0.6) is 0 Å². The zero-order valence-corrected chi connectivity index (χ0v) is 12.5. The lowest BCUT2D eigenvalue weighted by Crippen LogP contribution is -2.49. The third-order valence-corrected chi connectivity index (χ3v) is 4.88. The third-order valence-electron chi connectivity index (χ3n) is 3.21. The SMILES string of the molecule is CCC(N)(CC)CNS(=O)(=O)c1ccc(Cl)cc1F. The second kappa shape index (κ2) is 6.17. The van der Waals surface area contributed by atoms with Gasteiger partial charge < -0.3 is 5.73 Å². The van der Waals surface area contributed by atoms with Crippen LogP contribution in [0.25, 0.3) is 0 Å². The Morgan fingerprint density at radius 1 is 1.37 bits per heavy atom. The van der Waals surface area contributed by atoms with Crippen molar-refractivity contribution in [3.8, 4) is 0 Å². The number of sulfonamides is 1. The van der Waals surface area contributed by atoms with Gasteiger partial charge in [0.05, 0.1) is 0 Å². The highest BCUT2D eigenvalue weighted by molar-refractivity contribution is 7.89. The standard InChI is InChI=1S/C12H18ClFN2O2S/c1-3-12(15,4-2)8-16-19(17,18)11-6-5-9(13)7-10(11)14/h5-7,16H,3-4,8,15H2,1-2H3. The van der Waals surface area contributed by atoms with Gasteiger partial charge >= 0.3 is 0 Å². The predicted molar refractivity (Wildman–Crippen MR) is 74.1 cm³/mol. The van der Waals surface area contributed by atoms with Crippen molar-refractivity contribution in [2.75, 3.05) is 6.54 Å². The molecule has 1 rings (SSSR count). The summed E-state index contributed by atoms with van der Waals surface area (Å²) in [7, 11) is -3.92. The Bertz CT molecular complexity index is 545. The highest BCUT2D eigenvalue weighted by Gasteiger charge is 2.25. The molecule has 0 aromatic heterocycles. The molecule has 0 amide bonds. The maximum Gasteiger partial charge on any atom is 0.243 e. The van der Waals surface area contributed by atoms with Gasteiger partial charge in [0.2, 0.25) is 10.0 Å². The molecule has 1 aromatic rings. The normalized spacial score (nSPS) is 12.7. The molecule has 7 heteroatoms. The van der Waals surface area contributed by atoms with Crippen molar-refractivity contribution in [1.29, 1.82) is 0 Å². The molecule has 0 unspecified atom stereocenters. The van der Waals surface area contributed by atoms with Gasteiger partial charge in [0, 0.05) is 17.1 Å². The highest BCUT2D eigenvalue weighted by atomic mass is 35.5. The van der Waals surface area contributed by atoms with Crippen LogP contribution >= 0.6 is 11.6 Å². The molecule has 3 N–H and O–H groups in total. The highest BCUT2D eigenvalue weighted by Crippen LogP contribution is 2.19. The topological polar surface area (TPSA) is 72.2 Å². The number of halogens is 2. The molecule has 19 heavy (non-hydrogen) atoms. The summed E-state index contributed by atoms with van der Waals surface area (Å²) in [6, 6.07) is 3.43. The van der Waals surface area contributed by atoms with Crippen molar-refractivity contribution in [1.82, 2.24) is 4.72 Å². The first-order chi connectivity index (χ1) is 8.74. The van der Waals surface area contributed by atoms with Crippen LogP contribution in [0.4, 0.5) is 4.39 Å². The summed E-state index contributed by atoms with van der Waals surface area (Å²) in [5.74, 6) is -0.879. The summed E-state index contributed by atoms with van der Waals surface area (Å²) in [6.45, 7) is 3.81. The van der Waals surface area contributed by atoms with Crippen molar-refractivity contribution in [3.05, 3.63) is 29.0 Å². The molecule has 4 nitrogen and oxygen atoms in total. The van der Waals surface area contributed by atoms with Gasteiger partial charge in [-0.05, 0) is 31.0 Å². The Morgan fingerprint density at radius 2 is 1.95 bits per heavy atom. The molecule has 0 aliphatic rings. The first kappa shape index (κ1) is 16.4. The lowest BCUT2D eigenvalue weighted by atomic mass is 9.95. The molecule has 108 valence electrons. The number of benzene rings is 1. The fraction of sp³-hybridized carbons (Fsp3) is 0.500. The van der Waals surface area contributed by atoms with E-state index in [2.05, 4.69) is 4.72 Å². The van der Waals surface area contributed by atoms with Crippen LogP contribution in [-0.4, -0.2) is 20.5 Å². The molecule has 0 bridgehead atoms. The number of nitrogens with two attached hydrogens (primary N) is 1. The fourth-order valence-corrected chi connectivity index (χ4v) is 2.86. The monoisotopic (exact) mass is 308 g/mol. The van der Waals surface area contributed by atoms with Crippen LogP contribution in [0.15, 0.2) is 23.1 Å². The molecule has 0 aliphatic heterocycles.